The number of rotatable bonds is 6. The van der Waals surface area contributed by atoms with Crippen LogP contribution in [-0.2, 0) is 12.3 Å². The number of thioether (sulfide) groups is 1. The second-order valence-corrected chi connectivity index (χ2v) is 7.24. The first kappa shape index (κ1) is 18.9. The molecule has 0 spiro atoms. The standard InChI is InChI=1S/C21H21N3O2S/c1-4-13-24-20(26)17-7-5-6-8-18(17)22-21(24)27-14-15-9-11-16(12-10-15)19(25)23(2)3/h4-12H,1,13-14H2,2-3H3. The fourth-order valence-electron chi connectivity index (χ4n) is 2.70. The summed E-state index contributed by atoms with van der Waals surface area (Å²) in [7, 11) is 3.46. The van der Waals surface area contributed by atoms with Gasteiger partial charge in [-0.3, -0.25) is 14.2 Å². The van der Waals surface area contributed by atoms with Gasteiger partial charge in [0.15, 0.2) is 5.16 Å². The number of hydrogen-bond acceptors (Lipinski definition) is 4. The van der Waals surface area contributed by atoms with E-state index >= 15 is 0 Å². The third kappa shape index (κ3) is 4.11. The molecule has 3 rings (SSSR count). The highest BCUT2D eigenvalue weighted by molar-refractivity contribution is 7.98. The van der Waals surface area contributed by atoms with E-state index in [1.54, 1.807) is 35.7 Å². The predicted molar refractivity (Wildman–Crippen MR) is 110 cm³/mol. The molecule has 138 valence electrons. The zero-order valence-corrected chi connectivity index (χ0v) is 16.2. The molecule has 27 heavy (non-hydrogen) atoms. The summed E-state index contributed by atoms with van der Waals surface area (Å²) in [5, 5.41) is 1.27. The molecular formula is C21H21N3O2S. The van der Waals surface area contributed by atoms with Crippen LogP contribution in [0.25, 0.3) is 10.9 Å². The largest absolute Gasteiger partial charge is 0.345 e. The molecule has 1 heterocycles. The summed E-state index contributed by atoms with van der Waals surface area (Å²) in [6.07, 6.45) is 1.70. The van der Waals surface area contributed by atoms with Gasteiger partial charge in [0.1, 0.15) is 0 Å². The number of benzene rings is 2. The number of amides is 1. The van der Waals surface area contributed by atoms with E-state index in [1.165, 1.54) is 11.8 Å². The Morgan fingerprint density at radius 1 is 1.19 bits per heavy atom. The molecule has 1 amide bonds. The molecule has 3 aromatic rings. The summed E-state index contributed by atoms with van der Waals surface area (Å²) in [5.74, 6) is 0.628. The van der Waals surface area contributed by atoms with Gasteiger partial charge >= 0.3 is 0 Å². The second-order valence-electron chi connectivity index (χ2n) is 6.30. The lowest BCUT2D eigenvalue weighted by molar-refractivity contribution is 0.0827. The minimum absolute atomic E-state index is 0.0229. The topological polar surface area (TPSA) is 55.2 Å². The van der Waals surface area contributed by atoms with Gasteiger partial charge in [0.05, 0.1) is 10.9 Å². The molecule has 0 aliphatic carbocycles. The first-order valence-corrected chi connectivity index (χ1v) is 9.53. The third-order valence-corrected chi connectivity index (χ3v) is 5.16. The van der Waals surface area contributed by atoms with Gasteiger partial charge in [0.25, 0.3) is 11.5 Å². The summed E-state index contributed by atoms with van der Waals surface area (Å²) < 4.78 is 1.64. The van der Waals surface area contributed by atoms with Crippen LogP contribution >= 0.6 is 11.8 Å². The van der Waals surface area contributed by atoms with Crippen LogP contribution in [-0.4, -0.2) is 34.5 Å². The lowest BCUT2D eigenvalue weighted by Crippen LogP contribution is -2.22. The number of carbonyl (C=O) groups is 1. The van der Waals surface area contributed by atoms with E-state index in [0.717, 1.165) is 5.56 Å². The highest BCUT2D eigenvalue weighted by Crippen LogP contribution is 2.22. The van der Waals surface area contributed by atoms with Gasteiger partial charge in [-0.05, 0) is 29.8 Å². The van der Waals surface area contributed by atoms with Crippen molar-refractivity contribution in [1.82, 2.24) is 14.5 Å². The van der Waals surface area contributed by atoms with Crippen LogP contribution in [0.4, 0.5) is 0 Å². The number of aromatic nitrogens is 2. The van der Waals surface area contributed by atoms with Crippen molar-refractivity contribution >= 4 is 28.6 Å². The highest BCUT2D eigenvalue weighted by Gasteiger charge is 2.11. The maximum atomic E-state index is 12.8. The molecule has 0 fully saturated rings. The van der Waals surface area contributed by atoms with Crippen molar-refractivity contribution in [3.63, 3.8) is 0 Å². The van der Waals surface area contributed by atoms with E-state index in [2.05, 4.69) is 11.6 Å². The predicted octanol–water partition coefficient (Wildman–Crippen LogP) is 3.58. The van der Waals surface area contributed by atoms with E-state index in [-0.39, 0.29) is 11.5 Å². The summed E-state index contributed by atoms with van der Waals surface area (Å²) in [6.45, 7) is 4.16. The van der Waals surface area contributed by atoms with Crippen LogP contribution in [0.15, 0.2) is 71.1 Å². The van der Waals surface area contributed by atoms with Crippen LogP contribution < -0.4 is 5.56 Å². The van der Waals surface area contributed by atoms with E-state index in [1.807, 2.05) is 42.5 Å². The summed E-state index contributed by atoms with van der Waals surface area (Å²) in [6, 6.07) is 14.9. The van der Waals surface area contributed by atoms with E-state index < -0.39 is 0 Å². The molecule has 0 N–H and O–H groups in total. The number of carbonyl (C=O) groups excluding carboxylic acids is 1. The van der Waals surface area contributed by atoms with Crippen molar-refractivity contribution in [2.24, 2.45) is 0 Å². The molecule has 0 aliphatic heterocycles. The Balaban J connectivity index is 1.86. The van der Waals surface area contributed by atoms with Crippen molar-refractivity contribution < 1.29 is 4.79 Å². The molecule has 0 saturated carbocycles. The summed E-state index contributed by atoms with van der Waals surface area (Å²) in [5.41, 5.74) is 2.34. The molecule has 0 atom stereocenters. The van der Waals surface area contributed by atoms with Crippen LogP contribution in [0, 0.1) is 0 Å². The molecule has 0 aliphatic rings. The van der Waals surface area contributed by atoms with E-state index in [4.69, 9.17) is 0 Å². The van der Waals surface area contributed by atoms with Gasteiger partial charge in [-0.2, -0.15) is 0 Å². The van der Waals surface area contributed by atoms with Crippen LogP contribution in [0.1, 0.15) is 15.9 Å². The number of para-hydroxylation sites is 1. The number of allylic oxidation sites excluding steroid dienone is 1. The number of nitrogens with zero attached hydrogens (tertiary/aromatic N) is 3. The second kappa shape index (κ2) is 8.22. The SMILES string of the molecule is C=CCn1c(SCc2ccc(C(=O)N(C)C)cc2)nc2ccccc2c1=O. The fraction of sp³-hybridized carbons (Fsp3) is 0.190. The Hall–Kier alpha value is -2.86. The monoisotopic (exact) mass is 379 g/mol. The maximum Gasteiger partial charge on any atom is 0.262 e. The molecule has 6 heteroatoms. The summed E-state index contributed by atoms with van der Waals surface area (Å²) >= 11 is 1.50. The Morgan fingerprint density at radius 2 is 1.89 bits per heavy atom. The minimum Gasteiger partial charge on any atom is -0.345 e. The highest BCUT2D eigenvalue weighted by atomic mass is 32.2. The minimum atomic E-state index is -0.0603. The Bertz CT molecular complexity index is 1040. The molecule has 1 aromatic heterocycles. The van der Waals surface area contributed by atoms with Crippen molar-refractivity contribution in [3.8, 4) is 0 Å². The fourth-order valence-corrected chi connectivity index (χ4v) is 3.66. The van der Waals surface area contributed by atoms with Crippen LogP contribution in [0.2, 0.25) is 0 Å². The van der Waals surface area contributed by atoms with Gasteiger partial charge in [0.2, 0.25) is 0 Å². The molecule has 0 radical (unpaired) electrons. The average Bonchev–Trinajstić information content (AvgIpc) is 2.68. The van der Waals surface area contributed by atoms with Crippen molar-refractivity contribution in [3.05, 3.63) is 82.7 Å². The molecule has 5 nitrogen and oxygen atoms in total. The van der Waals surface area contributed by atoms with Crippen molar-refractivity contribution in [2.45, 2.75) is 17.5 Å². The van der Waals surface area contributed by atoms with Crippen LogP contribution in [0.5, 0.6) is 0 Å². The normalized spacial score (nSPS) is 10.7. The Morgan fingerprint density at radius 3 is 2.56 bits per heavy atom. The number of fused-ring (bicyclic) bond motifs is 1. The Labute approximate surface area is 162 Å². The molecule has 0 saturated heterocycles. The first-order chi connectivity index (χ1) is 13.0. The molecular weight excluding hydrogens is 358 g/mol. The lowest BCUT2D eigenvalue weighted by Gasteiger charge is -2.12. The quantitative estimate of drug-likeness (QED) is 0.373. The molecule has 0 bridgehead atoms. The Kier molecular flexibility index (Phi) is 5.76. The van der Waals surface area contributed by atoms with Crippen LogP contribution in [0.3, 0.4) is 0 Å². The van der Waals surface area contributed by atoms with Gasteiger partial charge in [-0.1, -0.05) is 42.1 Å². The summed E-state index contributed by atoms with van der Waals surface area (Å²) in [4.78, 5) is 30.9. The third-order valence-electron chi connectivity index (χ3n) is 4.11. The van der Waals surface area contributed by atoms with Gasteiger partial charge < -0.3 is 4.90 Å². The van der Waals surface area contributed by atoms with Gasteiger partial charge in [-0.25, -0.2) is 4.98 Å². The van der Waals surface area contributed by atoms with Crippen molar-refractivity contribution in [1.29, 1.82) is 0 Å². The molecule has 0 unspecified atom stereocenters. The van der Waals surface area contributed by atoms with E-state index in [9.17, 15) is 9.59 Å². The average molecular weight is 379 g/mol. The number of hydrogen-bond donors (Lipinski definition) is 0. The first-order valence-electron chi connectivity index (χ1n) is 8.55. The van der Waals surface area contributed by atoms with Crippen molar-refractivity contribution in [2.75, 3.05) is 14.1 Å². The lowest BCUT2D eigenvalue weighted by atomic mass is 10.1. The van der Waals surface area contributed by atoms with Gasteiger partial charge in [-0.15, -0.1) is 6.58 Å². The molecule has 2 aromatic carbocycles. The maximum absolute atomic E-state index is 12.8. The van der Waals surface area contributed by atoms with Gasteiger partial charge in [0, 0.05) is 32.0 Å². The zero-order chi connectivity index (χ0) is 19.4. The smallest absolute Gasteiger partial charge is 0.262 e. The van der Waals surface area contributed by atoms with E-state index in [0.29, 0.717) is 33.9 Å². The zero-order valence-electron chi connectivity index (χ0n) is 15.4.